The number of aromatic nitrogens is 1. The number of carbonyl (C=O) groups excluding carboxylic acids is 1. The minimum absolute atomic E-state index is 0.153. The second-order valence-electron chi connectivity index (χ2n) is 5.85. The van der Waals surface area contributed by atoms with Gasteiger partial charge in [0, 0.05) is 25.5 Å². The Kier molecular flexibility index (Phi) is 4.56. The lowest BCUT2D eigenvalue weighted by Crippen LogP contribution is -2.36. The average molecular weight is 300 g/mol. The molecule has 1 saturated heterocycles. The van der Waals surface area contributed by atoms with E-state index in [1.165, 1.54) is 18.6 Å². The Hall–Kier alpha value is -2.10. The predicted octanol–water partition coefficient (Wildman–Crippen LogP) is 3.62. The summed E-state index contributed by atoms with van der Waals surface area (Å²) in [6.07, 6.45) is 7.60. The highest BCUT2D eigenvalue weighted by atomic mass is 19.1. The zero-order valence-corrected chi connectivity index (χ0v) is 12.6. The molecule has 1 fully saturated rings. The van der Waals surface area contributed by atoms with Crippen LogP contribution in [0.3, 0.4) is 0 Å². The maximum atomic E-state index is 13.6. The highest BCUT2D eigenvalue weighted by molar-refractivity contribution is 5.77. The average Bonchev–Trinajstić information content (AvgIpc) is 3.07. The highest BCUT2D eigenvalue weighted by Crippen LogP contribution is 2.24. The highest BCUT2D eigenvalue weighted by Gasteiger charge is 2.23. The van der Waals surface area contributed by atoms with Crippen LogP contribution >= 0.6 is 0 Å². The largest absolute Gasteiger partial charge is 0.346 e. The van der Waals surface area contributed by atoms with E-state index in [0.717, 1.165) is 31.5 Å². The second-order valence-corrected chi connectivity index (χ2v) is 5.85. The molecule has 0 aliphatic carbocycles. The van der Waals surface area contributed by atoms with Crippen LogP contribution in [0, 0.1) is 5.82 Å². The number of halogens is 1. The molecule has 1 amide bonds. The second kappa shape index (κ2) is 6.77. The summed E-state index contributed by atoms with van der Waals surface area (Å²) in [5, 5.41) is 0. The number of hydrogen-bond donors (Lipinski definition) is 0. The fraction of sp³-hybridized carbons (Fsp3) is 0.389. The van der Waals surface area contributed by atoms with E-state index in [4.69, 9.17) is 0 Å². The predicted molar refractivity (Wildman–Crippen MR) is 84.0 cm³/mol. The lowest BCUT2D eigenvalue weighted by Gasteiger charge is -2.29. The smallest absolute Gasteiger partial charge is 0.225 e. The van der Waals surface area contributed by atoms with Gasteiger partial charge >= 0.3 is 0 Å². The Balaban J connectivity index is 1.81. The van der Waals surface area contributed by atoms with Gasteiger partial charge < -0.3 is 9.47 Å². The van der Waals surface area contributed by atoms with E-state index in [0.29, 0.717) is 6.42 Å². The molecule has 1 aromatic heterocycles. The SMILES string of the molecule is O=C(CC(c1cccc(F)c1)n1cccc1)N1CCCCC1. The maximum Gasteiger partial charge on any atom is 0.225 e. The number of rotatable bonds is 4. The van der Waals surface area contributed by atoms with Crippen molar-refractivity contribution in [3.63, 3.8) is 0 Å². The van der Waals surface area contributed by atoms with Crippen molar-refractivity contribution in [2.24, 2.45) is 0 Å². The third kappa shape index (κ3) is 3.38. The Morgan fingerprint density at radius 2 is 1.82 bits per heavy atom. The first-order chi connectivity index (χ1) is 10.7. The fourth-order valence-electron chi connectivity index (χ4n) is 3.10. The van der Waals surface area contributed by atoms with Gasteiger partial charge in [-0.25, -0.2) is 4.39 Å². The van der Waals surface area contributed by atoms with Crippen molar-refractivity contribution in [1.29, 1.82) is 0 Å². The van der Waals surface area contributed by atoms with Crippen LogP contribution in [-0.4, -0.2) is 28.5 Å². The number of piperidine rings is 1. The molecule has 4 heteroatoms. The molecule has 0 bridgehead atoms. The lowest BCUT2D eigenvalue weighted by atomic mass is 10.0. The molecule has 0 radical (unpaired) electrons. The topological polar surface area (TPSA) is 25.2 Å². The molecule has 1 unspecified atom stereocenters. The van der Waals surface area contributed by atoms with E-state index in [1.54, 1.807) is 6.07 Å². The molecule has 1 aromatic carbocycles. The molecular formula is C18H21FN2O. The van der Waals surface area contributed by atoms with Crippen LogP contribution in [0.25, 0.3) is 0 Å². The van der Waals surface area contributed by atoms with E-state index in [9.17, 15) is 9.18 Å². The lowest BCUT2D eigenvalue weighted by molar-refractivity contribution is -0.132. The number of amides is 1. The monoisotopic (exact) mass is 300 g/mol. The van der Waals surface area contributed by atoms with Crippen molar-refractivity contribution in [2.45, 2.75) is 31.7 Å². The van der Waals surface area contributed by atoms with Gasteiger partial charge in [0.15, 0.2) is 0 Å². The van der Waals surface area contributed by atoms with E-state index in [-0.39, 0.29) is 17.8 Å². The van der Waals surface area contributed by atoms with Crippen molar-refractivity contribution in [3.05, 3.63) is 60.2 Å². The number of carbonyl (C=O) groups is 1. The molecule has 0 saturated carbocycles. The molecular weight excluding hydrogens is 279 g/mol. The summed E-state index contributed by atoms with van der Waals surface area (Å²) in [6.45, 7) is 1.70. The normalized spacial score (nSPS) is 16.5. The van der Waals surface area contributed by atoms with E-state index in [1.807, 2.05) is 40.1 Å². The first-order valence-electron chi connectivity index (χ1n) is 7.90. The van der Waals surface area contributed by atoms with Crippen molar-refractivity contribution in [2.75, 3.05) is 13.1 Å². The standard InChI is InChI=1S/C18H21FN2O/c19-16-8-6-7-15(13-16)17(20-9-4-5-10-20)14-18(22)21-11-2-1-3-12-21/h4-10,13,17H,1-3,11-12,14H2. The van der Waals surface area contributed by atoms with Gasteiger partial charge in [-0.15, -0.1) is 0 Å². The Labute approximate surface area is 130 Å². The minimum Gasteiger partial charge on any atom is -0.346 e. The Bertz CT molecular complexity index is 618. The molecule has 0 spiro atoms. The molecule has 3 nitrogen and oxygen atoms in total. The number of benzene rings is 1. The molecule has 1 atom stereocenters. The Morgan fingerprint density at radius 1 is 1.09 bits per heavy atom. The third-order valence-electron chi connectivity index (χ3n) is 4.30. The van der Waals surface area contributed by atoms with Gasteiger partial charge in [0.05, 0.1) is 12.5 Å². The minimum atomic E-state index is -0.264. The molecule has 1 aliphatic rings. The summed E-state index contributed by atoms with van der Waals surface area (Å²) >= 11 is 0. The van der Waals surface area contributed by atoms with Gasteiger partial charge in [0.1, 0.15) is 5.82 Å². The van der Waals surface area contributed by atoms with Crippen LogP contribution in [-0.2, 0) is 4.79 Å². The molecule has 0 N–H and O–H groups in total. The van der Waals surface area contributed by atoms with Crippen LogP contribution < -0.4 is 0 Å². The summed E-state index contributed by atoms with van der Waals surface area (Å²) in [5.74, 6) is -0.109. The van der Waals surface area contributed by atoms with Gasteiger partial charge in [-0.1, -0.05) is 12.1 Å². The van der Waals surface area contributed by atoms with Gasteiger partial charge in [-0.3, -0.25) is 4.79 Å². The molecule has 116 valence electrons. The summed E-state index contributed by atoms with van der Waals surface area (Å²) in [4.78, 5) is 14.5. The summed E-state index contributed by atoms with van der Waals surface area (Å²) in [6, 6.07) is 10.2. The summed E-state index contributed by atoms with van der Waals surface area (Å²) in [5.41, 5.74) is 0.835. The van der Waals surface area contributed by atoms with Crippen LogP contribution in [0.1, 0.15) is 37.3 Å². The first kappa shape index (κ1) is 14.8. The third-order valence-corrected chi connectivity index (χ3v) is 4.30. The van der Waals surface area contributed by atoms with Crippen LogP contribution in [0.2, 0.25) is 0 Å². The number of likely N-dealkylation sites (tertiary alicyclic amines) is 1. The van der Waals surface area contributed by atoms with Gasteiger partial charge in [0.2, 0.25) is 5.91 Å². The maximum absolute atomic E-state index is 13.6. The van der Waals surface area contributed by atoms with Crippen LogP contribution in [0.15, 0.2) is 48.8 Å². The van der Waals surface area contributed by atoms with Gasteiger partial charge in [-0.2, -0.15) is 0 Å². The van der Waals surface area contributed by atoms with Crippen molar-refractivity contribution >= 4 is 5.91 Å². The fourth-order valence-corrected chi connectivity index (χ4v) is 3.10. The summed E-state index contributed by atoms with van der Waals surface area (Å²) in [7, 11) is 0. The van der Waals surface area contributed by atoms with Crippen molar-refractivity contribution < 1.29 is 9.18 Å². The zero-order chi connectivity index (χ0) is 15.4. The van der Waals surface area contributed by atoms with Crippen LogP contribution in [0.5, 0.6) is 0 Å². The van der Waals surface area contributed by atoms with E-state index in [2.05, 4.69) is 0 Å². The molecule has 3 rings (SSSR count). The van der Waals surface area contributed by atoms with Crippen molar-refractivity contribution in [3.8, 4) is 0 Å². The quantitative estimate of drug-likeness (QED) is 0.846. The molecule has 22 heavy (non-hydrogen) atoms. The molecule has 2 aromatic rings. The molecule has 2 heterocycles. The first-order valence-corrected chi connectivity index (χ1v) is 7.90. The van der Waals surface area contributed by atoms with E-state index >= 15 is 0 Å². The zero-order valence-electron chi connectivity index (χ0n) is 12.6. The van der Waals surface area contributed by atoms with Crippen LogP contribution in [0.4, 0.5) is 4.39 Å². The molecule has 1 aliphatic heterocycles. The van der Waals surface area contributed by atoms with Gasteiger partial charge in [0.25, 0.3) is 0 Å². The number of nitrogens with zero attached hydrogens (tertiary/aromatic N) is 2. The Morgan fingerprint density at radius 3 is 2.50 bits per heavy atom. The van der Waals surface area contributed by atoms with E-state index < -0.39 is 0 Å². The summed E-state index contributed by atoms with van der Waals surface area (Å²) < 4.78 is 15.5. The van der Waals surface area contributed by atoms with Crippen molar-refractivity contribution in [1.82, 2.24) is 9.47 Å². The number of hydrogen-bond acceptors (Lipinski definition) is 1. The van der Waals surface area contributed by atoms with Gasteiger partial charge in [-0.05, 0) is 49.1 Å².